The van der Waals surface area contributed by atoms with E-state index in [9.17, 15) is 18.4 Å². The molecule has 0 radical (unpaired) electrons. The molecule has 0 aliphatic rings. The minimum Gasteiger partial charge on any atom is -0.496 e. The van der Waals surface area contributed by atoms with Crippen molar-refractivity contribution in [3.05, 3.63) is 77.4 Å². The first-order chi connectivity index (χ1) is 17.1. The number of amides is 2. The van der Waals surface area contributed by atoms with E-state index < -0.39 is 23.4 Å². The van der Waals surface area contributed by atoms with Gasteiger partial charge in [0.2, 0.25) is 0 Å². The monoisotopic (exact) mass is 498 g/mol. The van der Waals surface area contributed by atoms with Crippen LogP contribution in [0.2, 0.25) is 0 Å². The second-order valence-corrected chi connectivity index (χ2v) is 8.45. The minimum atomic E-state index is -0.626. The van der Waals surface area contributed by atoms with Gasteiger partial charge in [-0.25, -0.2) is 8.78 Å². The molecule has 0 aliphatic heterocycles. The first kappa shape index (κ1) is 26.5. The molecular weight excluding hydrogens is 470 g/mol. The maximum absolute atomic E-state index is 14.3. The van der Waals surface area contributed by atoms with Crippen LogP contribution in [0.25, 0.3) is 0 Å². The molecular formula is C27H28F2N2O5. The van der Waals surface area contributed by atoms with Gasteiger partial charge in [-0.2, -0.15) is 0 Å². The Labute approximate surface area is 208 Å². The van der Waals surface area contributed by atoms with E-state index in [0.717, 1.165) is 12.1 Å². The van der Waals surface area contributed by atoms with E-state index >= 15 is 0 Å². The van der Waals surface area contributed by atoms with Crippen molar-refractivity contribution in [3.8, 4) is 17.2 Å². The molecule has 3 aromatic carbocycles. The summed E-state index contributed by atoms with van der Waals surface area (Å²) in [6.07, 6.45) is -0.410. The Morgan fingerprint density at radius 2 is 1.17 bits per heavy atom. The van der Waals surface area contributed by atoms with Crippen molar-refractivity contribution in [2.75, 3.05) is 17.7 Å². The van der Waals surface area contributed by atoms with Crippen molar-refractivity contribution in [1.29, 1.82) is 0 Å². The number of anilines is 2. The Bertz CT molecular complexity index is 1260. The Kier molecular flexibility index (Phi) is 8.47. The van der Waals surface area contributed by atoms with E-state index in [0.29, 0.717) is 0 Å². The highest BCUT2D eigenvalue weighted by atomic mass is 19.1. The van der Waals surface area contributed by atoms with Crippen molar-refractivity contribution in [3.63, 3.8) is 0 Å². The van der Waals surface area contributed by atoms with E-state index in [-0.39, 0.29) is 52.0 Å². The molecule has 0 saturated heterocycles. The van der Waals surface area contributed by atoms with E-state index in [4.69, 9.17) is 14.2 Å². The van der Waals surface area contributed by atoms with Gasteiger partial charge in [0.05, 0.1) is 24.9 Å². The number of nitrogens with one attached hydrogen (secondary N) is 2. The molecule has 2 amide bonds. The van der Waals surface area contributed by atoms with Crippen molar-refractivity contribution in [2.45, 2.75) is 39.9 Å². The molecule has 0 unspecified atom stereocenters. The molecule has 2 N–H and O–H groups in total. The largest absolute Gasteiger partial charge is 0.496 e. The second kappa shape index (κ2) is 11.5. The molecule has 0 fully saturated rings. The van der Waals surface area contributed by atoms with Gasteiger partial charge >= 0.3 is 0 Å². The zero-order valence-electron chi connectivity index (χ0n) is 20.6. The van der Waals surface area contributed by atoms with Crippen LogP contribution < -0.4 is 24.8 Å². The fourth-order valence-corrected chi connectivity index (χ4v) is 3.28. The Morgan fingerprint density at radius 1 is 0.694 bits per heavy atom. The van der Waals surface area contributed by atoms with Gasteiger partial charge in [0.15, 0.2) is 23.1 Å². The Balaban J connectivity index is 1.78. The van der Waals surface area contributed by atoms with Crippen LogP contribution in [-0.4, -0.2) is 31.1 Å². The van der Waals surface area contributed by atoms with Crippen LogP contribution in [0, 0.1) is 11.6 Å². The molecule has 0 saturated carbocycles. The summed E-state index contributed by atoms with van der Waals surface area (Å²) in [6.45, 7) is 7.10. The van der Waals surface area contributed by atoms with E-state index in [2.05, 4.69) is 10.6 Å². The molecule has 0 aliphatic carbocycles. The second-order valence-electron chi connectivity index (χ2n) is 8.45. The van der Waals surface area contributed by atoms with Gasteiger partial charge in [0.1, 0.15) is 5.75 Å². The van der Waals surface area contributed by atoms with Gasteiger partial charge in [-0.3, -0.25) is 9.59 Å². The zero-order chi connectivity index (χ0) is 26.4. The van der Waals surface area contributed by atoms with E-state index in [1.807, 2.05) is 0 Å². The third-order valence-electron chi connectivity index (χ3n) is 4.81. The molecule has 0 spiro atoms. The van der Waals surface area contributed by atoms with E-state index in [1.54, 1.807) is 27.7 Å². The van der Waals surface area contributed by atoms with Crippen molar-refractivity contribution >= 4 is 23.2 Å². The molecule has 36 heavy (non-hydrogen) atoms. The summed E-state index contributed by atoms with van der Waals surface area (Å²) < 4.78 is 44.6. The number of benzene rings is 3. The number of ether oxygens (including phenoxy) is 3. The number of hydrogen-bond acceptors (Lipinski definition) is 5. The maximum Gasteiger partial charge on any atom is 0.259 e. The molecule has 9 heteroatoms. The van der Waals surface area contributed by atoms with E-state index in [1.165, 1.54) is 49.6 Å². The molecule has 0 heterocycles. The molecule has 3 rings (SSSR count). The molecule has 3 aromatic rings. The van der Waals surface area contributed by atoms with Gasteiger partial charge in [0, 0.05) is 29.1 Å². The zero-order valence-corrected chi connectivity index (χ0v) is 20.6. The fourth-order valence-electron chi connectivity index (χ4n) is 3.28. The lowest BCUT2D eigenvalue weighted by Gasteiger charge is -2.14. The highest BCUT2D eigenvalue weighted by Crippen LogP contribution is 2.26. The Hall–Kier alpha value is -4.14. The number of hydrogen-bond donors (Lipinski definition) is 2. The molecule has 190 valence electrons. The predicted molar refractivity (Wildman–Crippen MR) is 133 cm³/mol. The Morgan fingerprint density at radius 3 is 1.61 bits per heavy atom. The lowest BCUT2D eigenvalue weighted by Crippen LogP contribution is -2.17. The highest BCUT2D eigenvalue weighted by Gasteiger charge is 2.18. The first-order valence-corrected chi connectivity index (χ1v) is 11.3. The lowest BCUT2D eigenvalue weighted by molar-refractivity contribution is 0.102. The molecule has 7 nitrogen and oxygen atoms in total. The lowest BCUT2D eigenvalue weighted by atomic mass is 10.1. The van der Waals surface area contributed by atoms with Crippen LogP contribution in [0.15, 0.2) is 54.6 Å². The SMILES string of the molecule is COc1ccc(C(=O)Nc2ccc(OC(C)C)c(F)c2)cc1C(=O)Nc1ccc(OC(C)C)c(F)c1. The summed E-state index contributed by atoms with van der Waals surface area (Å²) in [6, 6.07) is 12.4. The quantitative estimate of drug-likeness (QED) is 0.375. The molecule has 0 bridgehead atoms. The third-order valence-corrected chi connectivity index (χ3v) is 4.81. The minimum absolute atomic E-state index is 0.0555. The molecule has 0 aromatic heterocycles. The summed E-state index contributed by atoms with van der Waals surface area (Å²) in [4.78, 5) is 25.7. The standard InChI is InChI=1S/C27H28F2N2O5/c1-15(2)35-24-10-7-18(13-21(24)28)30-26(32)17-6-9-23(34-5)20(12-17)27(33)31-19-8-11-25(22(29)14-19)36-16(3)4/h6-16H,1-5H3,(H,30,32)(H,31,33). The summed E-state index contributed by atoms with van der Waals surface area (Å²) in [5.41, 5.74) is 0.606. The fraction of sp³-hybridized carbons (Fsp3) is 0.259. The van der Waals surface area contributed by atoms with Crippen molar-refractivity contribution < 1.29 is 32.6 Å². The first-order valence-electron chi connectivity index (χ1n) is 11.3. The van der Waals surface area contributed by atoms with Crippen LogP contribution in [0.3, 0.4) is 0 Å². The maximum atomic E-state index is 14.3. The number of halogens is 2. The summed E-state index contributed by atoms with van der Waals surface area (Å²) in [5.74, 6) is -2.06. The number of rotatable bonds is 9. The van der Waals surface area contributed by atoms with Gasteiger partial charge < -0.3 is 24.8 Å². The third kappa shape index (κ3) is 6.71. The average molecular weight is 499 g/mol. The van der Waals surface area contributed by atoms with Gasteiger partial charge in [-0.15, -0.1) is 0 Å². The summed E-state index contributed by atoms with van der Waals surface area (Å²) >= 11 is 0. The number of methoxy groups -OCH3 is 1. The number of carbonyl (C=O) groups excluding carboxylic acids is 2. The molecule has 0 atom stereocenters. The smallest absolute Gasteiger partial charge is 0.259 e. The summed E-state index contributed by atoms with van der Waals surface area (Å²) in [7, 11) is 1.38. The highest BCUT2D eigenvalue weighted by molar-refractivity contribution is 6.10. The average Bonchev–Trinajstić information content (AvgIpc) is 2.81. The van der Waals surface area contributed by atoms with Crippen molar-refractivity contribution in [2.24, 2.45) is 0 Å². The number of carbonyl (C=O) groups is 2. The van der Waals surface area contributed by atoms with Crippen LogP contribution in [0.4, 0.5) is 20.2 Å². The normalized spacial score (nSPS) is 10.8. The van der Waals surface area contributed by atoms with Crippen molar-refractivity contribution in [1.82, 2.24) is 0 Å². The van der Waals surface area contributed by atoms with Gasteiger partial charge in [-0.05, 0) is 70.2 Å². The topological polar surface area (TPSA) is 85.9 Å². The van der Waals surface area contributed by atoms with Crippen LogP contribution >= 0.6 is 0 Å². The van der Waals surface area contributed by atoms with Crippen LogP contribution in [0.5, 0.6) is 17.2 Å². The van der Waals surface area contributed by atoms with Gasteiger partial charge in [-0.1, -0.05) is 0 Å². The van der Waals surface area contributed by atoms with Crippen LogP contribution in [0.1, 0.15) is 48.4 Å². The van der Waals surface area contributed by atoms with Crippen LogP contribution in [-0.2, 0) is 0 Å². The predicted octanol–water partition coefficient (Wildman–Crippen LogP) is 6.05. The summed E-state index contributed by atoms with van der Waals surface area (Å²) in [5, 5.41) is 5.18. The van der Waals surface area contributed by atoms with Gasteiger partial charge in [0.25, 0.3) is 11.8 Å².